The van der Waals surface area contributed by atoms with Gasteiger partial charge in [0.15, 0.2) is 0 Å². The average molecular weight is 298 g/mol. The second-order valence-electron chi connectivity index (χ2n) is 6.13. The van der Waals surface area contributed by atoms with Crippen molar-refractivity contribution in [1.29, 1.82) is 0 Å². The van der Waals surface area contributed by atoms with Crippen molar-refractivity contribution in [2.45, 2.75) is 38.4 Å². The van der Waals surface area contributed by atoms with E-state index in [9.17, 15) is 13.2 Å². The summed E-state index contributed by atoms with van der Waals surface area (Å²) in [5.74, 6) is 0. The summed E-state index contributed by atoms with van der Waals surface area (Å²) in [6, 6.07) is 4.59. The van der Waals surface area contributed by atoms with Gasteiger partial charge in [-0.3, -0.25) is 4.90 Å². The fraction of sp³-hybridized carbons (Fsp3) is 0.625. The van der Waals surface area contributed by atoms with E-state index >= 15 is 0 Å². The zero-order valence-corrected chi connectivity index (χ0v) is 12.3. The Morgan fingerprint density at radius 1 is 1.10 bits per heavy atom. The third kappa shape index (κ3) is 3.03. The van der Waals surface area contributed by atoms with Crippen molar-refractivity contribution in [3.8, 4) is 0 Å². The molecule has 5 heteroatoms. The van der Waals surface area contributed by atoms with Crippen molar-refractivity contribution in [3.63, 3.8) is 0 Å². The first kappa shape index (κ1) is 14.7. The van der Waals surface area contributed by atoms with E-state index in [4.69, 9.17) is 0 Å². The molecule has 2 fully saturated rings. The summed E-state index contributed by atoms with van der Waals surface area (Å²) < 4.78 is 38.8. The molecule has 1 aromatic rings. The summed E-state index contributed by atoms with van der Waals surface area (Å²) in [6.45, 7) is 5.79. The highest BCUT2D eigenvalue weighted by atomic mass is 19.4. The molecular weight excluding hydrogens is 277 g/mol. The number of fused-ring (bicyclic) bond motifs is 1. The number of benzene rings is 1. The maximum Gasteiger partial charge on any atom is 0.416 e. The van der Waals surface area contributed by atoms with Crippen molar-refractivity contribution in [3.05, 3.63) is 29.3 Å². The Labute approximate surface area is 123 Å². The maximum atomic E-state index is 12.9. The van der Waals surface area contributed by atoms with E-state index in [1.54, 1.807) is 6.07 Å². The van der Waals surface area contributed by atoms with E-state index in [-0.39, 0.29) is 0 Å². The van der Waals surface area contributed by atoms with Gasteiger partial charge in [-0.05, 0) is 50.4 Å². The first-order valence-corrected chi connectivity index (χ1v) is 7.62. The molecule has 3 rings (SSSR count). The van der Waals surface area contributed by atoms with Gasteiger partial charge in [0.05, 0.1) is 5.56 Å². The zero-order valence-electron chi connectivity index (χ0n) is 12.3. The molecule has 0 N–H and O–H groups in total. The lowest BCUT2D eigenvalue weighted by molar-refractivity contribution is -0.137. The monoisotopic (exact) mass is 298 g/mol. The fourth-order valence-electron chi connectivity index (χ4n) is 3.55. The van der Waals surface area contributed by atoms with Crippen LogP contribution in [-0.2, 0) is 6.18 Å². The van der Waals surface area contributed by atoms with Crippen LogP contribution >= 0.6 is 0 Å². The molecule has 116 valence electrons. The summed E-state index contributed by atoms with van der Waals surface area (Å²) in [5, 5.41) is 0. The standard InChI is InChI=1S/C16H21F3N2/c1-12-5-6-13(16(17,18)19)10-15(12)21-9-3-8-20-7-2-4-14(20)11-21/h5-6,10,14H,2-4,7-9,11H2,1H3. The predicted molar refractivity (Wildman–Crippen MR) is 77.6 cm³/mol. The molecule has 0 aliphatic carbocycles. The highest BCUT2D eigenvalue weighted by Crippen LogP contribution is 2.34. The van der Waals surface area contributed by atoms with Gasteiger partial charge >= 0.3 is 6.18 Å². The van der Waals surface area contributed by atoms with E-state index in [0.29, 0.717) is 6.04 Å². The number of anilines is 1. The minimum absolute atomic E-state index is 0.501. The molecule has 2 heterocycles. The van der Waals surface area contributed by atoms with Crippen LogP contribution in [0.15, 0.2) is 18.2 Å². The largest absolute Gasteiger partial charge is 0.416 e. The molecular formula is C16H21F3N2. The Morgan fingerprint density at radius 3 is 2.62 bits per heavy atom. The minimum atomic E-state index is -4.27. The highest BCUT2D eigenvalue weighted by molar-refractivity contribution is 5.56. The number of nitrogens with zero attached hydrogens (tertiary/aromatic N) is 2. The van der Waals surface area contributed by atoms with Crippen LogP contribution in [0.5, 0.6) is 0 Å². The molecule has 1 atom stereocenters. The normalized spacial score (nSPS) is 24.0. The van der Waals surface area contributed by atoms with E-state index in [2.05, 4.69) is 9.80 Å². The summed E-state index contributed by atoms with van der Waals surface area (Å²) in [4.78, 5) is 4.64. The zero-order chi connectivity index (χ0) is 15.0. The van der Waals surface area contributed by atoms with Crippen LogP contribution in [0.25, 0.3) is 0 Å². The Bertz CT molecular complexity index is 513. The highest BCUT2D eigenvalue weighted by Gasteiger charge is 2.33. The van der Waals surface area contributed by atoms with E-state index in [0.717, 1.165) is 50.3 Å². The Balaban J connectivity index is 1.88. The number of aryl methyl sites for hydroxylation is 1. The van der Waals surface area contributed by atoms with Gasteiger partial charge in [-0.15, -0.1) is 0 Å². The van der Waals surface area contributed by atoms with Crippen LogP contribution < -0.4 is 4.90 Å². The first-order valence-electron chi connectivity index (χ1n) is 7.62. The first-order chi connectivity index (χ1) is 9.95. The van der Waals surface area contributed by atoms with Gasteiger partial charge in [0, 0.05) is 31.4 Å². The lowest BCUT2D eigenvalue weighted by Crippen LogP contribution is -2.37. The number of alkyl halides is 3. The smallest absolute Gasteiger partial charge is 0.370 e. The van der Waals surface area contributed by atoms with Crippen LogP contribution in [0, 0.1) is 6.92 Å². The van der Waals surface area contributed by atoms with Gasteiger partial charge in [0.2, 0.25) is 0 Å². The van der Waals surface area contributed by atoms with Gasteiger partial charge in [0.25, 0.3) is 0 Å². The lowest BCUT2D eigenvalue weighted by atomic mass is 10.1. The third-order valence-corrected chi connectivity index (χ3v) is 4.68. The van der Waals surface area contributed by atoms with E-state index in [1.165, 1.54) is 18.6 Å². The number of rotatable bonds is 1. The summed E-state index contributed by atoms with van der Waals surface area (Å²) >= 11 is 0. The molecule has 2 saturated heterocycles. The summed E-state index contributed by atoms with van der Waals surface area (Å²) in [6.07, 6.45) is -0.880. The molecule has 0 aromatic heterocycles. The second-order valence-corrected chi connectivity index (χ2v) is 6.13. The number of halogens is 3. The lowest BCUT2D eigenvalue weighted by Gasteiger charge is -2.29. The fourth-order valence-corrected chi connectivity index (χ4v) is 3.55. The second kappa shape index (κ2) is 5.52. The van der Waals surface area contributed by atoms with Crippen molar-refractivity contribution in [2.75, 3.05) is 31.1 Å². The summed E-state index contributed by atoms with van der Waals surface area (Å²) in [7, 11) is 0. The number of hydrogen-bond acceptors (Lipinski definition) is 2. The molecule has 0 saturated carbocycles. The van der Waals surface area contributed by atoms with Crippen LogP contribution in [0.3, 0.4) is 0 Å². The van der Waals surface area contributed by atoms with Crippen LogP contribution in [0.2, 0.25) is 0 Å². The number of hydrogen-bond donors (Lipinski definition) is 0. The maximum absolute atomic E-state index is 12.9. The van der Waals surface area contributed by atoms with Gasteiger partial charge in [-0.25, -0.2) is 0 Å². The minimum Gasteiger partial charge on any atom is -0.370 e. The average Bonchev–Trinajstić information content (AvgIpc) is 2.75. The van der Waals surface area contributed by atoms with Crippen molar-refractivity contribution >= 4 is 5.69 Å². The Hall–Kier alpha value is -1.23. The molecule has 1 aromatic carbocycles. The topological polar surface area (TPSA) is 6.48 Å². The molecule has 2 aliphatic rings. The van der Waals surface area contributed by atoms with Crippen molar-refractivity contribution < 1.29 is 13.2 Å². The third-order valence-electron chi connectivity index (χ3n) is 4.68. The van der Waals surface area contributed by atoms with Gasteiger partial charge in [0.1, 0.15) is 0 Å². The predicted octanol–water partition coefficient (Wildman–Crippen LogP) is 3.69. The summed E-state index contributed by atoms with van der Waals surface area (Å²) in [5.41, 5.74) is 1.13. The SMILES string of the molecule is Cc1ccc(C(F)(F)F)cc1N1CCCN2CCCC2C1. The van der Waals surface area contributed by atoms with Crippen LogP contribution in [0.4, 0.5) is 18.9 Å². The van der Waals surface area contributed by atoms with E-state index in [1.807, 2.05) is 6.92 Å². The quantitative estimate of drug-likeness (QED) is 0.780. The molecule has 0 bridgehead atoms. The van der Waals surface area contributed by atoms with Crippen molar-refractivity contribution in [2.24, 2.45) is 0 Å². The van der Waals surface area contributed by atoms with Gasteiger partial charge in [-0.2, -0.15) is 13.2 Å². The van der Waals surface area contributed by atoms with Gasteiger partial charge in [-0.1, -0.05) is 6.07 Å². The molecule has 1 unspecified atom stereocenters. The molecule has 0 spiro atoms. The Kier molecular flexibility index (Phi) is 3.86. The molecule has 0 amide bonds. The van der Waals surface area contributed by atoms with E-state index < -0.39 is 11.7 Å². The Morgan fingerprint density at radius 2 is 1.86 bits per heavy atom. The molecule has 0 radical (unpaired) electrons. The van der Waals surface area contributed by atoms with Gasteiger partial charge < -0.3 is 4.90 Å². The molecule has 2 aliphatic heterocycles. The van der Waals surface area contributed by atoms with Crippen LogP contribution in [0.1, 0.15) is 30.4 Å². The van der Waals surface area contributed by atoms with Crippen LogP contribution in [-0.4, -0.2) is 37.1 Å². The molecule has 2 nitrogen and oxygen atoms in total. The molecule has 21 heavy (non-hydrogen) atoms. The van der Waals surface area contributed by atoms with Crippen molar-refractivity contribution in [1.82, 2.24) is 4.90 Å².